The van der Waals surface area contributed by atoms with E-state index < -0.39 is 11.0 Å². The van der Waals surface area contributed by atoms with Gasteiger partial charge in [0.15, 0.2) is 5.75 Å². The van der Waals surface area contributed by atoms with Gasteiger partial charge in [0.1, 0.15) is 6.10 Å². The maximum atomic E-state index is 10.9. The molecule has 0 aliphatic heterocycles. The Hall–Kier alpha value is -1.33. The van der Waals surface area contributed by atoms with Crippen molar-refractivity contribution < 1.29 is 14.8 Å². The minimum absolute atomic E-state index is 0.162. The van der Waals surface area contributed by atoms with E-state index in [1.165, 1.54) is 12.1 Å². The van der Waals surface area contributed by atoms with Gasteiger partial charge in [-0.1, -0.05) is 18.0 Å². The Balaban J connectivity index is 2.20. The second kappa shape index (κ2) is 5.54. The van der Waals surface area contributed by atoms with Gasteiger partial charge in [-0.15, -0.1) is 0 Å². The molecule has 98 valence electrons. The summed E-state index contributed by atoms with van der Waals surface area (Å²) in [5, 5.41) is 21.0. The van der Waals surface area contributed by atoms with Gasteiger partial charge in [0, 0.05) is 11.1 Å². The molecule has 6 heteroatoms. The van der Waals surface area contributed by atoms with Crippen LogP contribution < -0.4 is 4.74 Å². The number of rotatable bonds is 3. The molecule has 2 rings (SSSR count). The number of nitro groups is 1. The van der Waals surface area contributed by atoms with Crippen molar-refractivity contribution in [1.29, 1.82) is 0 Å². The van der Waals surface area contributed by atoms with Gasteiger partial charge in [-0.3, -0.25) is 10.1 Å². The van der Waals surface area contributed by atoms with E-state index in [4.69, 9.17) is 16.3 Å². The standard InChI is InChI=1S/C12H14ClNO4/c13-8-5-6-11(9(7-8)14(16)17)18-12-4-2-1-3-10(12)15/h5-7,10,12,15H,1-4H2. The molecule has 0 radical (unpaired) electrons. The second-order valence-electron chi connectivity index (χ2n) is 4.38. The zero-order valence-electron chi connectivity index (χ0n) is 9.71. The molecular formula is C12H14ClNO4. The lowest BCUT2D eigenvalue weighted by Crippen LogP contribution is -2.34. The molecule has 0 bridgehead atoms. The average Bonchev–Trinajstić information content (AvgIpc) is 2.34. The number of nitro benzene ring substituents is 1. The largest absolute Gasteiger partial charge is 0.481 e. The van der Waals surface area contributed by atoms with Gasteiger partial charge in [-0.05, 0) is 31.4 Å². The molecule has 1 aliphatic rings. The monoisotopic (exact) mass is 271 g/mol. The van der Waals surface area contributed by atoms with E-state index in [9.17, 15) is 15.2 Å². The van der Waals surface area contributed by atoms with Crippen molar-refractivity contribution in [2.75, 3.05) is 0 Å². The van der Waals surface area contributed by atoms with Crippen LogP contribution in [-0.2, 0) is 0 Å². The van der Waals surface area contributed by atoms with Crippen LogP contribution in [0.1, 0.15) is 25.7 Å². The first-order valence-corrected chi connectivity index (χ1v) is 6.24. The number of benzene rings is 1. The van der Waals surface area contributed by atoms with Crippen LogP contribution in [0.3, 0.4) is 0 Å². The van der Waals surface area contributed by atoms with Gasteiger partial charge >= 0.3 is 5.69 Å². The molecule has 0 spiro atoms. The van der Waals surface area contributed by atoms with Crippen molar-refractivity contribution >= 4 is 17.3 Å². The summed E-state index contributed by atoms with van der Waals surface area (Å²) in [6.45, 7) is 0. The molecule has 0 heterocycles. The lowest BCUT2D eigenvalue weighted by atomic mass is 9.95. The lowest BCUT2D eigenvalue weighted by Gasteiger charge is -2.27. The van der Waals surface area contributed by atoms with Crippen LogP contribution in [0.15, 0.2) is 18.2 Å². The van der Waals surface area contributed by atoms with Crippen LogP contribution in [0.25, 0.3) is 0 Å². The molecule has 0 saturated heterocycles. The van der Waals surface area contributed by atoms with E-state index >= 15 is 0 Å². The summed E-state index contributed by atoms with van der Waals surface area (Å²) in [4.78, 5) is 10.4. The highest BCUT2D eigenvalue weighted by atomic mass is 35.5. The number of aliphatic hydroxyl groups excluding tert-OH is 1. The highest BCUT2D eigenvalue weighted by Gasteiger charge is 2.27. The maximum Gasteiger partial charge on any atom is 0.312 e. The molecule has 5 nitrogen and oxygen atoms in total. The van der Waals surface area contributed by atoms with Crippen LogP contribution in [0, 0.1) is 10.1 Å². The molecule has 2 unspecified atom stereocenters. The lowest BCUT2D eigenvalue weighted by molar-refractivity contribution is -0.386. The second-order valence-corrected chi connectivity index (χ2v) is 4.81. The SMILES string of the molecule is O=[N+]([O-])c1cc(Cl)ccc1OC1CCCCC1O. The first-order chi connectivity index (χ1) is 8.58. The summed E-state index contributed by atoms with van der Waals surface area (Å²) in [7, 11) is 0. The van der Waals surface area contributed by atoms with Gasteiger partial charge in [-0.2, -0.15) is 0 Å². The van der Waals surface area contributed by atoms with E-state index in [0.717, 1.165) is 12.8 Å². The summed E-state index contributed by atoms with van der Waals surface area (Å²) in [6, 6.07) is 4.27. The first kappa shape index (κ1) is 13.1. The molecule has 1 saturated carbocycles. The van der Waals surface area contributed by atoms with Crippen molar-refractivity contribution in [2.24, 2.45) is 0 Å². The Bertz CT molecular complexity index is 452. The minimum atomic E-state index is -0.561. The third kappa shape index (κ3) is 2.91. The van der Waals surface area contributed by atoms with E-state index in [1.54, 1.807) is 6.07 Å². The topological polar surface area (TPSA) is 72.6 Å². The molecule has 0 amide bonds. The van der Waals surface area contributed by atoms with Crippen molar-refractivity contribution in [3.8, 4) is 5.75 Å². The summed E-state index contributed by atoms with van der Waals surface area (Å²) in [6.07, 6.45) is 2.37. The van der Waals surface area contributed by atoms with Crippen LogP contribution >= 0.6 is 11.6 Å². The van der Waals surface area contributed by atoms with E-state index in [2.05, 4.69) is 0 Å². The number of hydrogen-bond acceptors (Lipinski definition) is 4. The summed E-state index contributed by atoms with van der Waals surface area (Å²) >= 11 is 5.72. The zero-order chi connectivity index (χ0) is 13.1. The van der Waals surface area contributed by atoms with Crippen LogP contribution in [0.5, 0.6) is 5.75 Å². The molecule has 1 fully saturated rings. The van der Waals surface area contributed by atoms with Gasteiger partial charge in [-0.25, -0.2) is 0 Å². The molecule has 1 N–H and O–H groups in total. The fourth-order valence-corrected chi connectivity index (χ4v) is 2.28. The summed E-state index contributed by atoms with van der Waals surface area (Å²) in [5.74, 6) is 0.162. The Morgan fingerprint density at radius 2 is 2.11 bits per heavy atom. The van der Waals surface area contributed by atoms with Crippen molar-refractivity contribution in [3.05, 3.63) is 33.3 Å². The highest BCUT2D eigenvalue weighted by Crippen LogP contribution is 2.33. The number of hydrogen-bond donors (Lipinski definition) is 1. The quantitative estimate of drug-likeness (QED) is 0.678. The number of aliphatic hydroxyl groups is 1. The predicted molar refractivity (Wildman–Crippen MR) is 67.0 cm³/mol. The molecule has 18 heavy (non-hydrogen) atoms. The van der Waals surface area contributed by atoms with Crippen LogP contribution in [0.4, 0.5) is 5.69 Å². The van der Waals surface area contributed by atoms with Gasteiger partial charge in [0.2, 0.25) is 0 Å². The number of ether oxygens (including phenoxy) is 1. The van der Waals surface area contributed by atoms with Crippen molar-refractivity contribution in [2.45, 2.75) is 37.9 Å². The number of nitrogens with zero attached hydrogens (tertiary/aromatic N) is 1. The number of halogens is 1. The summed E-state index contributed by atoms with van der Waals surface area (Å²) < 4.78 is 5.56. The molecule has 1 aromatic carbocycles. The Labute approximate surface area is 109 Å². The highest BCUT2D eigenvalue weighted by molar-refractivity contribution is 6.30. The summed E-state index contributed by atoms with van der Waals surface area (Å²) in [5.41, 5.74) is -0.166. The molecular weight excluding hydrogens is 258 g/mol. The van der Waals surface area contributed by atoms with Crippen LogP contribution in [0.2, 0.25) is 5.02 Å². The fourth-order valence-electron chi connectivity index (χ4n) is 2.11. The predicted octanol–water partition coefficient (Wildman–Crippen LogP) is 2.93. The van der Waals surface area contributed by atoms with Gasteiger partial charge in [0.25, 0.3) is 0 Å². The third-order valence-corrected chi connectivity index (χ3v) is 3.30. The molecule has 0 aromatic heterocycles. The van der Waals surface area contributed by atoms with Crippen molar-refractivity contribution in [3.63, 3.8) is 0 Å². The van der Waals surface area contributed by atoms with Gasteiger partial charge < -0.3 is 9.84 Å². The smallest absolute Gasteiger partial charge is 0.312 e. The molecule has 1 aliphatic carbocycles. The zero-order valence-corrected chi connectivity index (χ0v) is 10.5. The first-order valence-electron chi connectivity index (χ1n) is 5.86. The maximum absolute atomic E-state index is 10.9. The van der Waals surface area contributed by atoms with Gasteiger partial charge in [0.05, 0.1) is 11.0 Å². The molecule has 2 atom stereocenters. The average molecular weight is 272 g/mol. The third-order valence-electron chi connectivity index (χ3n) is 3.06. The van der Waals surface area contributed by atoms with E-state index in [1.807, 2.05) is 0 Å². The Morgan fingerprint density at radius 1 is 1.39 bits per heavy atom. The fraction of sp³-hybridized carbons (Fsp3) is 0.500. The van der Waals surface area contributed by atoms with E-state index in [-0.39, 0.29) is 17.5 Å². The van der Waals surface area contributed by atoms with Crippen LogP contribution in [-0.4, -0.2) is 22.2 Å². The van der Waals surface area contributed by atoms with Crippen molar-refractivity contribution in [1.82, 2.24) is 0 Å². The van der Waals surface area contributed by atoms with E-state index in [0.29, 0.717) is 17.9 Å². The minimum Gasteiger partial charge on any atom is -0.481 e. The normalized spacial score (nSPS) is 23.7. The molecule has 1 aromatic rings. The Morgan fingerprint density at radius 3 is 2.78 bits per heavy atom. The Kier molecular flexibility index (Phi) is 4.04.